The molecule has 0 saturated heterocycles. The Bertz CT molecular complexity index is 904. The molecule has 2 N–H and O–H groups in total. The van der Waals surface area contributed by atoms with Crippen LogP contribution >= 0.6 is 11.8 Å². The average Bonchev–Trinajstić information content (AvgIpc) is 2.78. The van der Waals surface area contributed by atoms with Crippen molar-refractivity contribution >= 4 is 23.6 Å². The third-order valence-corrected chi connectivity index (χ3v) is 5.87. The summed E-state index contributed by atoms with van der Waals surface area (Å²) in [5, 5.41) is 12.0. The number of benzene rings is 3. The Morgan fingerprint density at radius 3 is 1.93 bits per heavy atom. The molecule has 0 fully saturated rings. The Balaban J connectivity index is 1.45. The van der Waals surface area contributed by atoms with E-state index in [9.17, 15) is 9.59 Å². The van der Waals surface area contributed by atoms with Crippen molar-refractivity contribution in [2.24, 2.45) is 0 Å². The third kappa shape index (κ3) is 6.49. The molecule has 0 saturated carbocycles. The minimum Gasteiger partial charge on any atom is -0.478 e. The SMILES string of the molecule is O=C(CSCc1ccc(C(=O)O)cc1)NCCC(c1ccccc1)c1ccccc1. The van der Waals surface area contributed by atoms with Crippen LogP contribution in [0.1, 0.15) is 39.4 Å². The first-order valence-electron chi connectivity index (χ1n) is 9.90. The predicted octanol–water partition coefficient (Wildman–Crippen LogP) is 4.96. The minimum absolute atomic E-state index is 0.0158. The van der Waals surface area contributed by atoms with Gasteiger partial charge in [0.05, 0.1) is 11.3 Å². The molecule has 0 unspecified atom stereocenters. The number of rotatable bonds is 10. The van der Waals surface area contributed by atoms with Gasteiger partial charge >= 0.3 is 5.97 Å². The molecule has 154 valence electrons. The van der Waals surface area contributed by atoms with Gasteiger partial charge in [-0.15, -0.1) is 11.8 Å². The van der Waals surface area contributed by atoms with E-state index in [2.05, 4.69) is 29.6 Å². The molecule has 3 aromatic carbocycles. The van der Waals surface area contributed by atoms with Crippen molar-refractivity contribution in [2.75, 3.05) is 12.3 Å². The molecule has 4 nitrogen and oxygen atoms in total. The molecule has 0 spiro atoms. The monoisotopic (exact) mass is 419 g/mol. The Morgan fingerprint density at radius 2 is 1.40 bits per heavy atom. The van der Waals surface area contributed by atoms with Gasteiger partial charge in [0, 0.05) is 18.2 Å². The first-order chi connectivity index (χ1) is 14.6. The number of hydrogen-bond donors (Lipinski definition) is 2. The van der Waals surface area contributed by atoms with Crippen molar-refractivity contribution in [2.45, 2.75) is 18.1 Å². The predicted molar refractivity (Wildman–Crippen MR) is 122 cm³/mol. The Kier molecular flexibility index (Phi) is 8.10. The van der Waals surface area contributed by atoms with Crippen molar-refractivity contribution in [1.29, 1.82) is 0 Å². The number of thioether (sulfide) groups is 1. The van der Waals surface area contributed by atoms with E-state index in [1.807, 2.05) is 36.4 Å². The van der Waals surface area contributed by atoms with Crippen molar-refractivity contribution < 1.29 is 14.7 Å². The van der Waals surface area contributed by atoms with Crippen LogP contribution in [0.3, 0.4) is 0 Å². The lowest BCUT2D eigenvalue weighted by Crippen LogP contribution is -2.27. The zero-order valence-electron chi connectivity index (χ0n) is 16.7. The number of amides is 1. The third-order valence-electron chi connectivity index (χ3n) is 4.86. The van der Waals surface area contributed by atoms with E-state index < -0.39 is 5.97 Å². The zero-order valence-corrected chi connectivity index (χ0v) is 17.5. The minimum atomic E-state index is -0.933. The van der Waals surface area contributed by atoms with Crippen LogP contribution in [0.5, 0.6) is 0 Å². The van der Waals surface area contributed by atoms with Crippen LogP contribution < -0.4 is 5.32 Å². The van der Waals surface area contributed by atoms with E-state index >= 15 is 0 Å². The molecule has 30 heavy (non-hydrogen) atoms. The van der Waals surface area contributed by atoms with Gasteiger partial charge in [-0.2, -0.15) is 0 Å². The lowest BCUT2D eigenvalue weighted by Gasteiger charge is -2.18. The fourth-order valence-electron chi connectivity index (χ4n) is 3.31. The number of nitrogens with one attached hydrogen (secondary N) is 1. The van der Waals surface area contributed by atoms with E-state index in [4.69, 9.17) is 5.11 Å². The van der Waals surface area contributed by atoms with Gasteiger partial charge in [0.15, 0.2) is 0 Å². The average molecular weight is 420 g/mol. The van der Waals surface area contributed by atoms with Crippen LogP contribution in [0.4, 0.5) is 0 Å². The van der Waals surface area contributed by atoms with Crippen LogP contribution in [-0.2, 0) is 10.5 Å². The molecule has 0 aliphatic carbocycles. The van der Waals surface area contributed by atoms with Gasteiger partial charge in [-0.3, -0.25) is 4.79 Å². The summed E-state index contributed by atoms with van der Waals surface area (Å²) in [4.78, 5) is 23.1. The molecule has 3 rings (SSSR count). The topological polar surface area (TPSA) is 66.4 Å². The van der Waals surface area contributed by atoms with Gasteiger partial charge in [0.1, 0.15) is 0 Å². The molecular weight excluding hydrogens is 394 g/mol. The smallest absolute Gasteiger partial charge is 0.335 e. The summed E-state index contributed by atoms with van der Waals surface area (Å²) in [5.74, 6) is 0.374. The van der Waals surface area contributed by atoms with Crippen molar-refractivity contribution in [1.82, 2.24) is 5.32 Å². The molecule has 1 amide bonds. The van der Waals surface area contributed by atoms with Crippen molar-refractivity contribution in [3.63, 3.8) is 0 Å². The highest BCUT2D eigenvalue weighted by molar-refractivity contribution is 7.99. The largest absolute Gasteiger partial charge is 0.478 e. The highest BCUT2D eigenvalue weighted by Gasteiger charge is 2.14. The zero-order chi connectivity index (χ0) is 21.2. The molecule has 0 aromatic heterocycles. The highest BCUT2D eigenvalue weighted by atomic mass is 32.2. The van der Waals surface area contributed by atoms with Crippen LogP contribution in [-0.4, -0.2) is 29.3 Å². The first-order valence-corrected chi connectivity index (χ1v) is 11.1. The number of carboxylic acid groups (broad SMARTS) is 1. The highest BCUT2D eigenvalue weighted by Crippen LogP contribution is 2.27. The second-order valence-electron chi connectivity index (χ2n) is 7.01. The van der Waals surface area contributed by atoms with Gasteiger partial charge in [0.2, 0.25) is 5.91 Å². The van der Waals surface area contributed by atoms with E-state index in [0.717, 1.165) is 12.0 Å². The maximum absolute atomic E-state index is 12.2. The van der Waals surface area contributed by atoms with Crippen LogP contribution in [0.25, 0.3) is 0 Å². The summed E-state index contributed by atoms with van der Waals surface area (Å²) in [6.07, 6.45) is 0.834. The molecule has 3 aromatic rings. The summed E-state index contributed by atoms with van der Waals surface area (Å²) in [6, 6.07) is 27.5. The van der Waals surface area contributed by atoms with E-state index in [1.54, 1.807) is 24.3 Å². The standard InChI is InChI=1S/C25H25NO3S/c27-24(18-30-17-19-11-13-22(14-12-19)25(28)29)26-16-15-23(20-7-3-1-4-8-20)21-9-5-2-6-10-21/h1-14,23H,15-18H2,(H,26,27)(H,28,29). The second-order valence-corrected chi connectivity index (χ2v) is 7.99. The summed E-state index contributed by atoms with van der Waals surface area (Å²) in [6.45, 7) is 0.612. The molecule has 0 aliphatic rings. The van der Waals surface area contributed by atoms with Crippen molar-refractivity contribution in [3.8, 4) is 0 Å². The number of aromatic carboxylic acids is 1. The van der Waals surface area contributed by atoms with Crippen molar-refractivity contribution in [3.05, 3.63) is 107 Å². The summed E-state index contributed by atoms with van der Waals surface area (Å²) >= 11 is 1.52. The summed E-state index contributed by atoms with van der Waals surface area (Å²) < 4.78 is 0. The van der Waals surface area contributed by atoms with E-state index in [-0.39, 0.29) is 17.4 Å². The maximum atomic E-state index is 12.2. The molecule has 0 aliphatic heterocycles. The molecule has 5 heteroatoms. The molecule has 0 radical (unpaired) electrons. The van der Waals surface area contributed by atoms with Gasteiger partial charge < -0.3 is 10.4 Å². The normalized spacial score (nSPS) is 10.7. The van der Waals surface area contributed by atoms with Gasteiger partial charge in [-0.05, 0) is 35.2 Å². The second kappa shape index (κ2) is 11.2. The van der Waals surface area contributed by atoms with Gasteiger partial charge in [0.25, 0.3) is 0 Å². The summed E-state index contributed by atoms with van der Waals surface area (Å²) in [5.41, 5.74) is 3.77. The van der Waals surface area contributed by atoms with Crippen LogP contribution in [0.15, 0.2) is 84.9 Å². The quantitative estimate of drug-likeness (QED) is 0.488. The fraction of sp³-hybridized carbons (Fsp3) is 0.200. The molecular formula is C25H25NO3S. The summed E-state index contributed by atoms with van der Waals surface area (Å²) in [7, 11) is 0. The first kappa shape index (κ1) is 21.7. The fourth-order valence-corrected chi connectivity index (χ4v) is 4.13. The van der Waals surface area contributed by atoms with E-state index in [0.29, 0.717) is 18.1 Å². The van der Waals surface area contributed by atoms with E-state index in [1.165, 1.54) is 22.9 Å². The van der Waals surface area contributed by atoms with Crippen LogP contribution in [0.2, 0.25) is 0 Å². The maximum Gasteiger partial charge on any atom is 0.335 e. The lowest BCUT2D eigenvalue weighted by molar-refractivity contribution is -0.118. The Morgan fingerprint density at radius 1 is 0.833 bits per heavy atom. The van der Waals surface area contributed by atoms with Gasteiger partial charge in [-0.25, -0.2) is 4.79 Å². The molecule has 0 heterocycles. The number of carbonyl (C=O) groups is 2. The lowest BCUT2D eigenvalue weighted by atomic mass is 9.88. The Labute approximate surface area is 181 Å². The number of carbonyl (C=O) groups excluding carboxylic acids is 1. The number of carboxylic acids is 1. The molecule has 0 bridgehead atoms. The molecule has 0 atom stereocenters. The van der Waals surface area contributed by atoms with Crippen LogP contribution in [0, 0.1) is 0 Å². The Hall–Kier alpha value is -3.05. The van der Waals surface area contributed by atoms with Gasteiger partial charge in [-0.1, -0.05) is 72.8 Å². The number of hydrogen-bond acceptors (Lipinski definition) is 3.